The molecule has 2 saturated heterocycles. The molecule has 6 amide bonds. The molecule has 103 heavy (non-hydrogen) atoms. The lowest BCUT2D eigenvalue weighted by atomic mass is 9.72. The number of benzene rings is 3. The van der Waals surface area contributed by atoms with Gasteiger partial charge in [-0.2, -0.15) is 23.5 Å². The number of ether oxygens (including phenoxy) is 10. The van der Waals surface area contributed by atoms with Crippen LogP contribution in [0.1, 0.15) is 162 Å². The number of fused-ring (bicyclic) bond motifs is 7. The summed E-state index contributed by atoms with van der Waals surface area (Å²) in [6.07, 6.45) is 2.77. The van der Waals surface area contributed by atoms with Crippen molar-refractivity contribution in [2.45, 2.75) is 174 Å². The third-order valence-corrected chi connectivity index (χ3v) is 21.6. The van der Waals surface area contributed by atoms with Crippen LogP contribution in [0.4, 0.5) is 0 Å². The second-order valence-electron chi connectivity index (χ2n) is 26.2. The van der Waals surface area contributed by atoms with E-state index in [0.717, 1.165) is 33.9 Å². The predicted octanol–water partition coefficient (Wildman–Crippen LogP) is 3.33. The number of methoxy groups -OCH3 is 2. The first-order valence-corrected chi connectivity index (χ1v) is 37.3. The van der Waals surface area contributed by atoms with Crippen LogP contribution >= 0.6 is 23.5 Å². The Hall–Kier alpha value is -7.18. The molecule has 3 aliphatic heterocycles. The van der Waals surface area contributed by atoms with E-state index in [1.807, 2.05) is 35.7 Å². The summed E-state index contributed by atoms with van der Waals surface area (Å²) in [6.45, 7) is 5.57. The largest absolute Gasteiger partial charge is 0.507 e. The van der Waals surface area contributed by atoms with Crippen molar-refractivity contribution in [3.05, 3.63) is 86.7 Å². The van der Waals surface area contributed by atoms with E-state index in [4.69, 9.17) is 63.1 Å². The molecule has 11 atom stereocenters. The highest BCUT2D eigenvalue weighted by molar-refractivity contribution is 8.00. The van der Waals surface area contributed by atoms with Gasteiger partial charge in [-0.15, -0.1) is 0 Å². The average Bonchev–Trinajstić information content (AvgIpc) is 0.789. The molecule has 562 valence electrons. The fourth-order valence-electron chi connectivity index (χ4n) is 13.5. The molecular weight excluding hydrogens is 1380 g/mol. The van der Waals surface area contributed by atoms with Crippen molar-refractivity contribution in [3.8, 4) is 17.2 Å². The number of primary amides is 1. The lowest BCUT2D eigenvalue weighted by Crippen LogP contribution is -2.55. The van der Waals surface area contributed by atoms with Gasteiger partial charge in [-0.05, 0) is 63.8 Å². The van der Waals surface area contributed by atoms with Crippen LogP contribution in [-0.2, 0) is 84.5 Å². The first kappa shape index (κ1) is 78.4. The number of amides is 6. The maximum Gasteiger partial charge on any atom is 0.252 e. The van der Waals surface area contributed by atoms with E-state index in [9.17, 15) is 53.7 Å². The van der Waals surface area contributed by atoms with Gasteiger partial charge in [0.15, 0.2) is 24.6 Å². The zero-order valence-corrected chi connectivity index (χ0v) is 60.1. The molecule has 1 saturated carbocycles. The van der Waals surface area contributed by atoms with Crippen molar-refractivity contribution in [3.63, 3.8) is 0 Å². The Morgan fingerprint density at radius 2 is 1.42 bits per heavy atom. The van der Waals surface area contributed by atoms with Gasteiger partial charge in [0.25, 0.3) is 11.8 Å². The molecule has 0 spiro atoms. The lowest BCUT2D eigenvalue weighted by Gasteiger charge is -2.42. The van der Waals surface area contributed by atoms with Gasteiger partial charge in [-0.1, -0.05) is 37.8 Å². The van der Waals surface area contributed by atoms with Crippen LogP contribution in [-0.4, -0.2) is 231 Å². The highest BCUT2D eigenvalue weighted by atomic mass is 32.2. The Morgan fingerprint density at radius 3 is 2.10 bits per heavy atom. The quantitative estimate of drug-likeness (QED) is 0.0218. The molecular formula is C71H95N9O21S2. The fraction of sp³-hybridized carbons (Fsp3) is 0.606. The Balaban J connectivity index is 0.609. The zero-order chi connectivity index (χ0) is 73.2. The number of thioether (sulfide) groups is 2. The van der Waals surface area contributed by atoms with E-state index in [2.05, 4.69) is 31.9 Å². The van der Waals surface area contributed by atoms with Gasteiger partial charge in [0.2, 0.25) is 29.4 Å². The van der Waals surface area contributed by atoms with Crippen LogP contribution in [0.15, 0.2) is 36.4 Å². The van der Waals surface area contributed by atoms with Crippen molar-refractivity contribution >= 4 is 81.6 Å². The summed E-state index contributed by atoms with van der Waals surface area (Å²) in [5.74, 6) is -5.75. The minimum atomic E-state index is -2.41. The van der Waals surface area contributed by atoms with E-state index >= 15 is 0 Å². The molecule has 2 bridgehead atoms. The molecule has 3 aliphatic carbocycles. The van der Waals surface area contributed by atoms with Crippen molar-refractivity contribution in [2.24, 2.45) is 5.73 Å². The summed E-state index contributed by atoms with van der Waals surface area (Å²) in [6, 6.07) is 7.11. The number of nitrogens with one attached hydrogen (secondary N) is 6. The number of morpholine rings is 1. The van der Waals surface area contributed by atoms with E-state index in [0.29, 0.717) is 62.0 Å². The second kappa shape index (κ2) is 37.7. The SMILES string of the molecule is COc1cccc2c1C(=O)c1c(O)c3c(c(O)c1C2=O)C[C@@](O)(C(=O)NCCNC(=O)[C@H](C)NC(=O)C(CC(N)=O)NC(=O)CCOCCOCCOCCOCCNC(=O)c1ccc2nc4c(nc2c1)CSC1CCCCCCC(C1)SC4)C[C@@H]3O[C@H]1CC[C@H](O[C@H]2NCCO[C@@H]2OC)[C@H](C)O1. The molecule has 3 aromatic carbocycles. The van der Waals surface area contributed by atoms with Crippen LogP contribution < -0.4 is 42.4 Å². The highest BCUT2D eigenvalue weighted by Gasteiger charge is 2.51. The summed E-state index contributed by atoms with van der Waals surface area (Å²) >= 11 is 4.03. The number of phenols is 2. The van der Waals surface area contributed by atoms with Crippen molar-refractivity contribution in [1.82, 2.24) is 41.9 Å². The van der Waals surface area contributed by atoms with Gasteiger partial charge in [-0.25, -0.2) is 9.97 Å². The van der Waals surface area contributed by atoms with E-state index in [-0.39, 0.29) is 92.9 Å². The Labute approximate surface area is 605 Å². The molecule has 3 unspecified atom stereocenters. The molecule has 11 N–H and O–H groups in total. The highest BCUT2D eigenvalue weighted by Crippen LogP contribution is 2.53. The zero-order valence-electron chi connectivity index (χ0n) is 58.5. The Kier molecular flexibility index (Phi) is 28.7. The van der Waals surface area contributed by atoms with Crippen molar-refractivity contribution in [2.75, 3.05) is 99.9 Å². The van der Waals surface area contributed by atoms with Gasteiger partial charge in [0.05, 0.1) is 130 Å². The first-order valence-electron chi connectivity index (χ1n) is 35.2. The predicted molar refractivity (Wildman–Crippen MR) is 375 cm³/mol. The summed E-state index contributed by atoms with van der Waals surface area (Å²) in [7, 11) is 2.81. The third-order valence-electron chi connectivity index (χ3n) is 18.9. The number of nitrogens with two attached hydrogens (primary N) is 1. The van der Waals surface area contributed by atoms with Gasteiger partial charge in [0.1, 0.15) is 34.9 Å². The number of hydrogen-bond acceptors (Lipinski definition) is 26. The molecule has 10 rings (SSSR count). The monoisotopic (exact) mass is 1470 g/mol. The average molecular weight is 1470 g/mol. The molecule has 6 aliphatic rings. The number of nitrogens with zero attached hydrogens (tertiary/aromatic N) is 2. The molecule has 32 heteroatoms. The van der Waals surface area contributed by atoms with Crippen LogP contribution in [0.2, 0.25) is 0 Å². The number of aliphatic hydroxyl groups is 1. The summed E-state index contributed by atoms with van der Waals surface area (Å²) in [4.78, 5) is 117. The Bertz CT molecular complexity index is 3690. The van der Waals surface area contributed by atoms with E-state index < -0.39 is 138 Å². The summed E-state index contributed by atoms with van der Waals surface area (Å²) < 4.78 is 57.8. The van der Waals surface area contributed by atoms with Gasteiger partial charge in [0, 0.05) is 103 Å². The number of carbonyl (C=O) groups excluding carboxylic acids is 8. The number of aromatic nitrogens is 2. The molecule has 3 fully saturated rings. The van der Waals surface area contributed by atoms with Crippen LogP contribution in [0, 0.1) is 0 Å². The molecule has 30 nitrogen and oxygen atoms in total. The standard InChI is InChI=1S/C71H95N9O21S2/c1-39(77-67(89)48(34-54(72)81)80-55(82)18-23-94-26-28-96-30-31-97-29-27-95-24-21-74-66(88)41-14-15-46-47(32-41)79-50-38-103-43-11-8-6-5-7-10-42(33-43)102-37-49(50)78-46)65(87)73-19-20-76-70(90)71(91)35-45-58(64(86)60-59(62(45)84)61(83)44-12-9-13-52(92-3)57(44)63(60)85)53(36-71)100-56-17-16-51(40(2)99-56)101-68-69(93-4)98-25-22-75-68/h9,12-15,32,39-40,42-43,48,51,53,56,68-69,75,84,86,91H,5-8,10-11,16-31,33-38H2,1-4H3,(H2,72,81)(H,73,87)(H,74,88)(H,76,90)(H,77,89)(H,80,82)/t39-,40-,42?,43?,48?,51-,53-,56-,68+,69-,71-/m0/s1. The summed E-state index contributed by atoms with van der Waals surface area (Å²) in [5.41, 5.74) is 5.42. The van der Waals surface area contributed by atoms with E-state index in [1.165, 1.54) is 84.3 Å². The number of phenolic OH excluding ortho intramolecular Hbond substituents is 2. The Morgan fingerprint density at radius 1 is 0.748 bits per heavy atom. The fourth-order valence-corrected chi connectivity index (χ4v) is 16.3. The van der Waals surface area contributed by atoms with E-state index in [1.54, 1.807) is 13.0 Å². The maximum absolute atomic E-state index is 14.3. The van der Waals surface area contributed by atoms with Gasteiger partial charge >= 0.3 is 0 Å². The smallest absolute Gasteiger partial charge is 0.252 e. The van der Waals surface area contributed by atoms with Gasteiger partial charge in [-0.3, -0.25) is 43.7 Å². The van der Waals surface area contributed by atoms with Crippen LogP contribution in [0.25, 0.3) is 11.0 Å². The minimum Gasteiger partial charge on any atom is -0.507 e. The number of rotatable bonds is 32. The summed E-state index contributed by atoms with van der Waals surface area (Å²) in [5, 5.41) is 53.9. The lowest BCUT2D eigenvalue weighted by molar-refractivity contribution is -0.281. The number of hydrogen-bond donors (Lipinski definition) is 10. The molecule has 4 aromatic rings. The molecule has 4 heterocycles. The molecule has 1 aromatic heterocycles. The van der Waals surface area contributed by atoms with Crippen LogP contribution in [0.5, 0.6) is 17.2 Å². The number of ketones is 2. The second-order valence-corrected chi connectivity index (χ2v) is 28.8. The third kappa shape index (κ3) is 20.5. The van der Waals surface area contributed by atoms with Crippen molar-refractivity contribution < 1.29 is 101 Å². The van der Waals surface area contributed by atoms with Crippen molar-refractivity contribution in [1.29, 1.82) is 0 Å². The number of aromatic hydroxyl groups is 2. The topological polar surface area (TPSA) is 414 Å². The number of carbonyl (C=O) groups is 8. The maximum atomic E-state index is 14.3. The van der Waals surface area contributed by atoms with Crippen LogP contribution in [0.3, 0.4) is 0 Å². The normalized spacial score (nSPS) is 23.9. The first-order chi connectivity index (χ1) is 49.7. The van der Waals surface area contributed by atoms with Gasteiger partial charge < -0.3 is 95.0 Å². The minimum absolute atomic E-state index is 0.0538. The molecule has 0 radical (unpaired) electrons.